The van der Waals surface area contributed by atoms with Gasteiger partial charge in [-0.25, -0.2) is 4.79 Å². The summed E-state index contributed by atoms with van der Waals surface area (Å²) in [7, 11) is 0. The van der Waals surface area contributed by atoms with E-state index in [9.17, 15) is 4.79 Å². The Bertz CT molecular complexity index is 227. The summed E-state index contributed by atoms with van der Waals surface area (Å²) >= 11 is 0. The zero-order valence-corrected chi connectivity index (χ0v) is 10.7. The van der Waals surface area contributed by atoms with Crippen LogP contribution in [0.1, 0.15) is 59.3 Å². The molecule has 1 aliphatic carbocycles. The van der Waals surface area contributed by atoms with E-state index in [4.69, 9.17) is 9.84 Å². The third kappa shape index (κ3) is 3.78. The van der Waals surface area contributed by atoms with Gasteiger partial charge in [-0.1, -0.05) is 20.3 Å². The Kier molecular flexibility index (Phi) is 4.78. The summed E-state index contributed by atoms with van der Waals surface area (Å²) in [6.45, 7) is 5.99. The molecule has 1 unspecified atom stereocenters. The van der Waals surface area contributed by atoms with E-state index in [1.807, 2.05) is 0 Å². The Labute approximate surface area is 98.2 Å². The molecule has 0 aromatic heterocycles. The van der Waals surface area contributed by atoms with Crippen molar-refractivity contribution in [1.29, 1.82) is 0 Å². The highest BCUT2D eigenvalue weighted by Gasteiger charge is 2.32. The highest BCUT2D eigenvalue weighted by atomic mass is 16.6. The number of hydrogen-bond acceptors (Lipinski definition) is 3. The normalized spacial score (nSPS) is 32.1. The predicted octanol–water partition coefficient (Wildman–Crippen LogP) is 2.66. The molecule has 0 heterocycles. The van der Waals surface area contributed by atoms with Crippen LogP contribution in [0.3, 0.4) is 0 Å². The Morgan fingerprint density at radius 1 is 1.50 bits per heavy atom. The van der Waals surface area contributed by atoms with Crippen molar-refractivity contribution in [3.05, 3.63) is 0 Å². The number of carbonyl (C=O) groups is 1. The minimum absolute atomic E-state index is 0.0204. The molecule has 1 aliphatic rings. The van der Waals surface area contributed by atoms with Crippen LogP contribution in [0, 0.1) is 5.41 Å². The molecular formula is C13H24O3. The Morgan fingerprint density at radius 3 is 2.50 bits per heavy atom. The molecule has 1 rings (SSSR count). The van der Waals surface area contributed by atoms with E-state index in [2.05, 4.69) is 13.8 Å². The molecule has 0 aliphatic heterocycles. The van der Waals surface area contributed by atoms with E-state index in [0.717, 1.165) is 25.7 Å². The van der Waals surface area contributed by atoms with Crippen LogP contribution >= 0.6 is 0 Å². The van der Waals surface area contributed by atoms with Crippen molar-refractivity contribution in [1.82, 2.24) is 0 Å². The van der Waals surface area contributed by atoms with Crippen LogP contribution < -0.4 is 0 Å². The zero-order valence-electron chi connectivity index (χ0n) is 10.7. The Hall–Kier alpha value is -0.570. The number of esters is 1. The Balaban J connectivity index is 2.34. The van der Waals surface area contributed by atoms with E-state index in [1.165, 1.54) is 19.8 Å². The monoisotopic (exact) mass is 228 g/mol. The average Bonchev–Trinajstić information content (AvgIpc) is 2.22. The smallest absolute Gasteiger partial charge is 0.334 e. The molecular weight excluding hydrogens is 204 g/mol. The molecule has 0 spiro atoms. The molecule has 0 aromatic carbocycles. The van der Waals surface area contributed by atoms with Gasteiger partial charge in [-0.3, -0.25) is 0 Å². The van der Waals surface area contributed by atoms with E-state index >= 15 is 0 Å². The van der Waals surface area contributed by atoms with E-state index in [0.29, 0.717) is 5.41 Å². The van der Waals surface area contributed by atoms with Gasteiger partial charge in [0.25, 0.3) is 0 Å². The minimum atomic E-state index is -0.996. The first-order valence-corrected chi connectivity index (χ1v) is 6.35. The number of ether oxygens (including phenoxy) is 1. The van der Waals surface area contributed by atoms with Crippen molar-refractivity contribution in [2.24, 2.45) is 5.41 Å². The lowest BCUT2D eigenvalue weighted by molar-refractivity contribution is -0.160. The van der Waals surface area contributed by atoms with Crippen LogP contribution in [0.25, 0.3) is 0 Å². The number of carbonyl (C=O) groups excluding carboxylic acids is 1. The molecule has 1 N–H and O–H groups in total. The van der Waals surface area contributed by atoms with E-state index in [1.54, 1.807) is 0 Å². The van der Waals surface area contributed by atoms with Crippen molar-refractivity contribution in [2.75, 3.05) is 0 Å². The summed E-state index contributed by atoms with van der Waals surface area (Å²) in [5, 5.41) is 9.06. The molecule has 1 saturated carbocycles. The van der Waals surface area contributed by atoms with Gasteiger partial charge in [0.05, 0.1) is 0 Å². The van der Waals surface area contributed by atoms with Crippen LogP contribution in [-0.2, 0) is 9.53 Å². The van der Waals surface area contributed by atoms with Crippen LogP contribution in [-0.4, -0.2) is 23.3 Å². The van der Waals surface area contributed by atoms with Crippen molar-refractivity contribution in [2.45, 2.75) is 71.5 Å². The number of aliphatic hydroxyl groups excluding tert-OH is 1. The molecule has 94 valence electrons. The SMILES string of the molecule is CCCC1(C)CCC(OC(=O)C(C)O)CC1. The summed E-state index contributed by atoms with van der Waals surface area (Å²) in [5.41, 5.74) is 0.433. The summed E-state index contributed by atoms with van der Waals surface area (Å²) < 4.78 is 5.24. The second-order valence-electron chi connectivity index (χ2n) is 5.37. The molecule has 16 heavy (non-hydrogen) atoms. The molecule has 0 saturated heterocycles. The molecule has 3 nitrogen and oxygen atoms in total. The second-order valence-corrected chi connectivity index (χ2v) is 5.37. The van der Waals surface area contributed by atoms with Crippen molar-refractivity contribution >= 4 is 5.97 Å². The number of rotatable bonds is 4. The van der Waals surface area contributed by atoms with Crippen molar-refractivity contribution in [3.8, 4) is 0 Å². The zero-order chi connectivity index (χ0) is 12.2. The fourth-order valence-electron chi connectivity index (χ4n) is 2.52. The van der Waals surface area contributed by atoms with Gasteiger partial charge in [-0.05, 0) is 44.4 Å². The predicted molar refractivity (Wildman–Crippen MR) is 63.0 cm³/mol. The maximum absolute atomic E-state index is 11.2. The molecule has 1 atom stereocenters. The first-order chi connectivity index (χ1) is 7.47. The van der Waals surface area contributed by atoms with Crippen molar-refractivity contribution in [3.63, 3.8) is 0 Å². The number of hydrogen-bond donors (Lipinski definition) is 1. The molecule has 0 aromatic rings. The maximum Gasteiger partial charge on any atom is 0.334 e. The van der Waals surface area contributed by atoms with Crippen LogP contribution in [0.4, 0.5) is 0 Å². The summed E-state index contributed by atoms with van der Waals surface area (Å²) in [5.74, 6) is -0.482. The summed E-state index contributed by atoms with van der Waals surface area (Å²) in [6.07, 6.45) is 5.62. The fourth-order valence-corrected chi connectivity index (χ4v) is 2.52. The molecule has 0 amide bonds. The number of aliphatic hydroxyl groups is 1. The van der Waals surface area contributed by atoms with Gasteiger partial charge in [-0.15, -0.1) is 0 Å². The first kappa shape index (κ1) is 13.5. The largest absolute Gasteiger partial charge is 0.460 e. The third-order valence-corrected chi connectivity index (χ3v) is 3.62. The molecule has 0 radical (unpaired) electrons. The van der Waals surface area contributed by atoms with Gasteiger partial charge in [0.1, 0.15) is 12.2 Å². The fraction of sp³-hybridized carbons (Fsp3) is 0.923. The first-order valence-electron chi connectivity index (χ1n) is 6.35. The van der Waals surface area contributed by atoms with Gasteiger partial charge in [-0.2, -0.15) is 0 Å². The van der Waals surface area contributed by atoms with Gasteiger partial charge < -0.3 is 9.84 Å². The lowest BCUT2D eigenvalue weighted by Crippen LogP contribution is -2.32. The second kappa shape index (κ2) is 5.67. The topological polar surface area (TPSA) is 46.5 Å². The Morgan fingerprint density at radius 2 is 2.06 bits per heavy atom. The summed E-state index contributed by atoms with van der Waals surface area (Å²) in [4.78, 5) is 11.2. The van der Waals surface area contributed by atoms with Crippen LogP contribution in [0.2, 0.25) is 0 Å². The lowest BCUT2D eigenvalue weighted by atomic mass is 9.72. The highest BCUT2D eigenvalue weighted by molar-refractivity contribution is 5.73. The minimum Gasteiger partial charge on any atom is -0.460 e. The van der Waals surface area contributed by atoms with Crippen LogP contribution in [0.5, 0.6) is 0 Å². The molecule has 1 fully saturated rings. The van der Waals surface area contributed by atoms with Gasteiger partial charge >= 0.3 is 5.97 Å². The standard InChI is InChI=1S/C13H24O3/c1-4-7-13(3)8-5-11(6-9-13)16-12(15)10(2)14/h10-11,14H,4-9H2,1-3H3. The van der Waals surface area contributed by atoms with Gasteiger partial charge in [0.2, 0.25) is 0 Å². The van der Waals surface area contributed by atoms with Crippen molar-refractivity contribution < 1.29 is 14.6 Å². The maximum atomic E-state index is 11.2. The average molecular weight is 228 g/mol. The molecule has 3 heteroatoms. The quantitative estimate of drug-likeness (QED) is 0.752. The van der Waals surface area contributed by atoms with Gasteiger partial charge in [0.15, 0.2) is 0 Å². The van der Waals surface area contributed by atoms with E-state index < -0.39 is 12.1 Å². The van der Waals surface area contributed by atoms with Crippen LogP contribution in [0.15, 0.2) is 0 Å². The highest BCUT2D eigenvalue weighted by Crippen LogP contribution is 2.40. The summed E-state index contributed by atoms with van der Waals surface area (Å²) in [6, 6.07) is 0. The lowest BCUT2D eigenvalue weighted by Gasteiger charge is -2.37. The van der Waals surface area contributed by atoms with E-state index in [-0.39, 0.29) is 6.10 Å². The van der Waals surface area contributed by atoms with Gasteiger partial charge in [0, 0.05) is 0 Å². The molecule has 0 bridgehead atoms. The third-order valence-electron chi connectivity index (χ3n) is 3.62.